The van der Waals surface area contributed by atoms with E-state index in [0.29, 0.717) is 5.92 Å². The van der Waals surface area contributed by atoms with Crippen LogP contribution in [0.25, 0.3) is 0 Å². The van der Waals surface area contributed by atoms with Crippen molar-refractivity contribution in [3.05, 3.63) is 0 Å². The molecule has 0 spiro atoms. The van der Waals surface area contributed by atoms with Crippen LogP contribution >= 0.6 is 11.8 Å². The molecule has 80 valence electrons. The second kappa shape index (κ2) is 5.39. The third kappa shape index (κ3) is 3.70. The van der Waals surface area contributed by atoms with Crippen molar-refractivity contribution in [2.75, 3.05) is 12.3 Å². The van der Waals surface area contributed by atoms with Crippen LogP contribution in [0.4, 0.5) is 0 Å². The van der Waals surface area contributed by atoms with Gasteiger partial charge < -0.3 is 5.32 Å². The summed E-state index contributed by atoms with van der Waals surface area (Å²) in [6.45, 7) is 4.50. The second-order valence-corrected chi connectivity index (χ2v) is 5.12. The van der Waals surface area contributed by atoms with E-state index in [9.17, 15) is 9.59 Å². The van der Waals surface area contributed by atoms with Crippen molar-refractivity contribution in [2.24, 2.45) is 11.8 Å². The molecule has 1 fully saturated rings. The molecule has 1 rings (SSSR count). The van der Waals surface area contributed by atoms with Gasteiger partial charge in [0, 0.05) is 25.1 Å². The lowest BCUT2D eigenvalue weighted by atomic mass is 9.96. The molecule has 3 nitrogen and oxygen atoms in total. The summed E-state index contributed by atoms with van der Waals surface area (Å²) >= 11 is 1.35. The van der Waals surface area contributed by atoms with Crippen LogP contribution in [-0.4, -0.2) is 23.3 Å². The SMILES string of the molecule is CC(=O)SC[C@@H](C)C[C@@H]1CCNC1=O. The van der Waals surface area contributed by atoms with Crippen LogP contribution in [0.1, 0.15) is 26.7 Å². The van der Waals surface area contributed by atoms with Crippen LogP contribution in [0.2, 0.25) is 0 Å². The van der Waals surface area contributed by atoms with Gasteiger partial charge in [0.2, 0.25) is 5.91 Å². The Hall–Kier alpha value is -0.510. The highest BCUT2D eigenvalue weighted by molar-refractivity contribution is 8.13. The molecule has 0 aromatic carbocycles. The molecule has 1 amide bonds. The van der Waals surface area contributed by atoms with Crippen molar-refractivity contribution in [1.29, 1.82) is 0 Å². The zero-order valence-electron chi connectivity index (χ0n) is 8.71. The van der Waals surface area contributed by atoms with Crippen LogP contribution in [0.3, 0.4) is 0 Å². The van der Waals surface area contributed by atoms with Gasteiger partial charge in [0.25, 0.3) is 0 Å². The number of hydrogen-bond donors (Lipinski definition) is 1. The molecule has 4 heteroatoms. The minimum Gasteiger partial charge on any atom is -0.356 e. The average molecular weight is 215 g/mol. The van der Waals surface area contributed by atoms with E-state index in [1.165, 1.54) is 11.8 Å². The van der Waals surface area contributed by atoms with Crippen molar-refractivity contribution in [2.45, 2.75) is 26.7 Å². The molecule has 1 saturated heterocycles. The Labute approximate surface area is 89.0 Å². The summed E-state index contributed by atoms with van der Waals surface area (Å²) < 4.78 is 0. The Kier molecular flexibility index (Phi) is 4.45. The van der Waals surface area contributed by atoms with Gasteiger partial charge in [-0.3, -0.25) is 9.59 Å². The highest BCUT2D eigenvalue weighted by atomic mass is 32.2. The molecule has 1 heterocycles. The summed E-state index contributed by atoms with van der Waals surface area (Å²) in [5.41, 5.74) is 0. The van der Waals surface area contributed by atoms with Gasteiger partial charge in [-0.05, 0) is 18.8 Å². The van der Waals surface area contributed by atoms with Crippen LogP contribution < -0.4 is 5.32 Å². The summed E-state index contributed by atoms with van der Waals surface area (Å²) in [6, 6.07) is 0. The van der Waals surface area contributed by atoms with E-state index in [2.05, 4.69) is 12.2 Å². The zero-order chi connectivity index (χ0) is 10.6. The van der Waals surface area contributed by atoms with Gasteiger partial charge in [0.05, 0.1) is 0 Å². The molecule has 1 aliphatic heterocycles. The maximum absolute atomic E-state index is 11.3. The monoisotopic (exact) mass is 215 g/mol. The first-order valence-electron chi connectivity index (χ1n) is 5.00. The molecule has 2 atom stereocenters. The number of carbonyl (C=O) groups is 2. The quantitative estimate of drug-likeness (QED) is 0.771. The van der Waals surface area contributed by atoms with Crippen molar-refractivity contribution in [1.82, 2.24) is 5.32 Å². The third-order valence-corrected chi connectivity index (χ3v) is 3.56. The Bertz CT molecular complexity index is 230. The van der Waals surface area contributed by atoms with Gasteiger partial charge in [0.1, 0.15) is 0 Å². The first-order valence-corrected chi connectivity index (χ1v) is 5.99. The Morgan fingerprint density at radius 3 is 2.93 bits per heavy atom. The fraction of sp³-hybridized carbons (Fsp3) is 0.800. The Morgan fingerprint density at radius 2 is 2.43 bits per heavy atom. The fourth-order valence-electron chi connectivity index (χ4n) is 1.68. The number of thioether (sulfide) groups is 1. The number of nitrogens with one attached hydrogen (secondary N) is 1. The number of amides is 1. The van der Waals surface area contributed by atoms with Gasteiger partial charge in [-0.2, -0.15) is 0 Å². The van der Waals surface area contributed by atoms with E-state index in [-0.39, 0.29) is 16.9 Å². The minimum atomic E-state index is 0.160. The maximum Gasteiger partial charge on any atom is 0.223 e. The molecule has 1 aliphatic rings. The minimum absolute atomic E-state index is 0.160. The van der Waals surface area contributed by atoms with Gasteiger partial charge >= 0.3 is 0 Å². The molecular weight excluding hydrogens is 198 g/mol. The first-order chi connectivity index (χ1) is 6.59. The molecule has 0 aliphatic carbocycles. The van der Waals surface area contributed by atoms with Crippen molar-refractivity contribution in [3.63, 3.8) is 0 Å². The number of rotatable bonds is 4. The van der Waals surface area contributed by atoms with Crippen molar-refractivity contribution < 1.29 is 9.59 Å². The number of carbonyl (C=O) groups excluding carboxylic acids is 2. The summed E-state index contributed by atoms with van der Waals surface area (Å²) in [4.78, 5) is 22.0. The van der Waals surface area contributed by atoms with E-state index in [1.54, 1.807) is 6.92 Å². The molecule has 0 saturated carbocycles. The summed E-state index contributed by atoms with van der Waals surface area (Å²) in [6.07, 6.45) is 1.86. The largest absolute Gasteiger partial charge is 0.356 e. The Morgan fingerprint density at radius 1 is 1.71 bits per heavy atom. The lowest BCUT2D eigenvalue weighted by molar-refractivity contribution is -0.122. The standard InChI is InChI=1S/C10H17NO2S/c1-7(6-14-8(2)12)5-9-3-4-11-10(9)13/h7,9H,3-6H2,1-2H3,(H,11,13)/t7-,9-/m0/s1. The first kappa shape index (κ1) is 11.6. The smallest absolute Gasteiger partial charge is 0.223 e. The third-order valence-electron chi connectivity index (χ3n) is 2.42. The summed E-state index contributed by atoms with van der Waals surface area (Å²) in [5.74, 6) is 1.64. The molecule has 0 unspecified atom stereocenters. The molecule has 0 aromatic rings. The summed E-state index contributed by atoms with van der Waals surface area (Å²) in [7, 11) is 0. The van der Waals surface area contributed by atoms with Crippen molar-refractivity contribution >= 4 is 22.8 Å². The molecule has 14 heavy (non-hydrogen) atoms. The summed E-state index contributed by atoms with van der Waals surface area (Å²) in [5, 5.41) is 2.99. The average Bonchev–Trinajstić information content (AvgIpc) is 2.49. The molecular formula is C10H17NO2S. The topological polar surface area (TPSA) is 46.2 Å². The molecule has 0 aromatic heterocycles. The fourth-order valence-corrected chi connectivity index (χ4v) is 2.34. The van der Waals surface area contributed by atoms with Gasteiger partial charge in [-0.15, -0.1) is 0 Å². The predicted octanol–water partition coefficient (Wildman–Crippen LogP) is 1.43. The predicted molar refractivity (Wildman–Crippen MR) is 58.0 cm³/mol. The molecule has 1 N–H and O–H groups in total. The van der Waals surface area contributed by atoms with E-state index in [0.717, 1.165) is 25.1 Å². The van der Waals surface area contributed by atoms with E-state index in [1.807, 2.05) is 0 Å². The normalized spacial score (nSPS) is 23.3. The Balaban J connectivity index is 2.22. The zero-order valence-corrected chi connectivity index (χ0v) is 9.52. The van der Waals surface area contributed by atoms with Crippen LogP contribution in [0.5, 0.6) is 0 Å². The van der Waals surface area contributed by atoms with Crippen LogP contribution in [0, 0.1) is 11.8 Å². The van der Waals surface area contributed by atoms with Gasteiger partial charge in [-0.1, -0.05) is 18.7 Å². The van der Waals surface area contributed by atoms with E-state index < -0.39 is 0 Å². The molecule has 0 bridgehead atoms. The maximum atomic E-state index is 11.3. The van der Waals surface area contributed by atoms with E-state index >= 15 is 0 Å². The van der Waals surface area contributed by atoms with Crippen LogP contribution in [0.15, 0.2) is 0 Å². The lowest BCUT2D eigenvalue weighted by Gasteiger charge is -2.13. The van der Waals surface area contributed by atoms with Crippen LogP contribution in [-0.2, 0) is 9.59 Å². The highest BCUT2D eigenvalue weighted by Crippen LogP contribution is 2.22. The van der Waals surface area contributed by atoms with Gasteiger partial charge in [0.15, 0.2) is 5.12 Å². The number of hydrogen-bond acceptors (Lipinski definition) is 3. The lowest BCUT2D eigenvalue weighted by Crippen LogP contribution is -2.21. The van der Waals surface area contributed by atoms with Crippen molar-refractivity contribution in [3.8, 4) is 0 Å². The van der Waals surface area contributed by atoms with E-state index in [4.69, 9.17) is 0 Å². The second-order valence-electron chi connectivity index (χ2n) is 3.92. The van der Waals surface area contributed by atoms with Gasteiger partial charge in [-0.25, -0.2) is 0 Å². The highest BCUT2D eigenvalue weighted by Gasteiger charge is 2.25. The molecule has 0 radical (unpaired) electrons.